The van der Waals surface area contributed by atoms with Crippen molar-refractivity contribution in [2.75, 3.05) is 19.6 Å². The first-order chi connectivity index (χ1) is 8.71. The van der Waals surface area contributed by atoms with E-state index in [1.54, 1.807) is 0 Å². The van der Waals surface area contributed by atoms with Crippen LogP contribution in [0, 0.1) is 17.3 Å². The van der Waals surface area contributed by atoms with Crippen molar-refractivity contribution in [3.8, 4) is 0 Å². The molecule has 0 spiro atoms. The van der Waals surface area contributed by atoms with Gasteiger partial charge in [-0.3, -0.25) is 4.79 Å². The number of rotatable bonds is 3. The van der Waals surface area contributed by atoms with Crippen molar-refractivity contribution in [3.63, 3.8) is 0 Å². The van der Waals surface area contributed by atoms with E-state index in [-0.39, 0.29) is 5.41 Å². The minimum Gasteiger partial charge on any atom is -0.342 e. The molecule has 1 saturated heterocycles. The van der Waals surface area contributed by atoms with Crippen LogP contribution in [0.3, 0.4) is 0 Å². The fourth-order valence-corrected chi connectivity index (χ4v) is 4.20. The third kappa shape index (κ3) is 2.29. The molecule has 3 aliphatic rings. The van der Waals surface area contributed by atoms with Gasteiger partial charge in [-0.1, -0.05) is 12.8 Å². The maximum atomic E-state index is 12.5. The Balaban J connectivity index is 1.59. The number of nitrogens with two attached hydrogens (primary N) is 1. The van der Waals surface area contributed by atoms with Crippen molar-refractivity contribution >= 4 is 5.91 Å². The fourth-order valence-electron chi connectivity index (χ4n) is 4.20. The van der Waals surface area contributed by atoms with Gasteiger partial charge in [0.05, 0.1) is 0 Å². The lowest BCUT2D eigenvalue weighted by Gasteiger charge is -2.45. The number of amides is 1. The molecule has 2 bridgehead atoms. The number of carbonyl (C=O) groups excluding carboxylic acids is 1. The first-order valence-electron chi connectivity index (χ1n) is 7.69. The highest BCUT2D eigenvalue weighted by molar-refractivity contribution is 5.77. The van der Waals surface area contributed by atoms with E-state index in [0.717, 1.165) is 37.8 Å². The lowest BCUT2D eigenvalue weighted by Crippen LogP contribution is -2.49. The minimum absolute atomic E-state index is 0.170. The number of hydrogen-bond donors (Lipinski definition) is 1. The average molecular weight is 250 g/mol. The number of carbonyl (C=O) groups is 1. The van der Waals surface area contributed by atoms with Crippen molar-refractivity contribution in [1.29, 1.82) is 0 Å². The van der Waals surface area contributed by atoms with Gasteiger partial charge in [0.25, 0.3) is 0 Å². The number of fused-ring (bicyclic) bond motifs is 2. The molecule has 3 heteroatoms. The summed E-state index contributed by atoms with van der Waals surface area (Å²) in [5.74, 6) is 1.96. The Bertz CT molecular complexity index is 307. The summed E-state index contributed by atoms with van der Waals surface area (Å²) in [6.07, 6.45) is 9.71. The second-order valence-electron chi connectivity index (χ2n) is 6.93. The van der Waals surface area contributed by atoms with Gasteiger partial charge in [-0.15, -0.1) is 0 Å². The van der Waals surface area contributed by atoms with Gasteiger partial charge in [-0.05, 0) is 55.9 Å². The molecule has 1 heterocycles. The van der Waals surface area contributed by atoms with Crippen LogP contribution in [0.2, 0.25) is 0 Å². The monoisotopic (exact) mass is 250 g/mol. The molecule has 2 N–H and O–H groups in total. The van der Waals surface area contributed by atoms with E-state index in [2.05, 4.69) is 4.90 Å². The minimum atomic E-state index is 0.170. The Morgan fingerprint density at radius 2 is 1.83 bits per heavy atom. The third-order valence-corrected chi connectivity index (χ3v) is 5.57. The molecule has 3 rings (SSSR count). The van der Waals surface area contributed by atoms with E-state index in [4.69, 9.17) is 5.73 Å². The van der Waals surface area contributed by atoms with Crippen LogP contribution in [0.4, 0.5) is 0 Å². The number of piperidine rings is 1. The molecule has 3 nitrogen and oxygen atoms in total. The standard InChI is InChI=1S/C15H26N2O/c16-11-15(5-2-6-15)8-14(18)17-9-12-3-1-4-13(7-12)10-17/h12-13H,1-11,16H2. The van der Waals surface area contributed by atoms with E-state index < -0.39 is 0 Å². The normalized spacial score (nSPS) is 33.9. The lowest BCUT2D eigenvalue weighted by atomic mass is 9.66. The zero-order chi connectivity index (χ0) is 12.6. The van der Waals surface area contributed by atoms with Crippen molar-refractivity contribution in [2.45, 2.75) is 51.4 Å². The van der Waals surface area contributed by atoms with Gasteiger partial charge in [0.2, 0.25) is 5.91 Å². The largest absolute Gasteiger partial charge is 0.342 e. The van der Waals surface area contributed by atoms with Gasteiger partial charge in [0, 0.05) is 19.5 Å². The second-order valence-corrected chi connectivity index (χ2v) is 6.93. The molecule has 0 aromatic heterocycles. The van der Waals surface area contributed by atoms with Crippen molar-refractivity contribution in [3.05, 3.63) is 0 Å². The predicted molar refractivity (Wildman–Crippen MR) is 72.0 cm³/mol. The van der Waals surface area contributed by atoms with Crippen LogP contribution in [0.15, 0.2) is 0 Å². The van der Waals surface area contributed by atoms with Crippen LogP contribution in [0.5, 0.6) is 0 Å². The highest BCUT2D eigenvalue weighted by atomic mass is 16.2. The first kappa shape index (κ1) is 12.5. The van der Waals surface area contributed by atoms with E-state index in [1.807, 2.05) is 0 Å². The van der Waals surface area contributed by atoms with Crippen molar-refractivity contribution < 1.29 is 4.79 Å². The second kappa shape index (κ2) is 4.84. The van der Waals surface area contributed by atoms with Crippen LogP contribution >= 0.6 is 0 Å². The average Bonchev–Trinajstić information content (AvgIpc) is 2.33. The van der Waals surface area contributed by atoms with Crippen LogP contribution in [-0.4, -0.2) is 30.4 Å². The van der Waals surface area contributed by atoms with E-state index in [1.165, 1.54) is 32.1 Å². The van der Waals surface area contributed by atoms with Crippen LogP contribution in [0.1, 0.15) is 51.4 Å². The molecule has 102 valence electrons. The number of likely N-dealkylation sites (tertiary alicyclic amines) is 1. The molecule has 18 heavy (non-hydrogen) atoms. The van der Waals surface area contributed by atoms with Crippen molar-refractivity contribution in [1.82, 2.24) is 4.90 Å². The smallest absolute Gasteiger partial charge is 0.223 e. The van der Waals surface area contributed by atoms with Gasteiger partial charge in [0.15, 0.2) is 0 Å². The van der Waals surface area contributed by atoms with E-state index >= 15 is 0 Å². The zero-order valence-corrected chi connectivity index (χ0v) is 11.4. The molecule has 3 fully saturated rings. The van der Waals surface area contributed by atoms with Gasteiger partial charge >= 0.3 is 0 Å². The highest BCUT2D eigenvalue weighted by Gasteiger charge is 2.40. The van der Waals surface area contributed by atoms with E-state index in [9.17, 15) is 4.79 Å². The SMILES string of the molecule is NCC1(CC(=O)N2CC3CCCC(C3)C2)CCC1. The molecular formula is C15H26N2O. The van der Waals surface area contributed by atoms with Gasteiger partial charge < -0.3 is 10.6 Å². The summed E-state index contributed by atoms with van der Waals surface area (Å²) in [6.45, 7) is 2.74. The summed E-state index contributed by atoms with van der Waals surface area (Å²) in [5, 5.41) is 0. The maximum Gasteiger partial charge on any atom is 0.223 e. The summed E-state index contributed by atoms with van der Waals surface area (Å²) < 4.78 is 0. The Kier molecular flexibility index (Phi) is 3.35. The number of hydrogen-bond acceptors (Lipinski definition) is 2. The molecule has 0 aromatic rings. The Hall–Kier alpha value is -0.570. The topological polar surface area (TPSA) is 46.3 Å². The van der Waals surface area contributed by atoms with Gasteiger partial charge in [-0.2, -0.15) is 0 Å². The summed E-state index contributed by atoms with van der Waals surface area (Å²) >= 11 is 0. The van der Waals surface area contributed by atoms with E-state index in [0.29, 0.717) is 18.9 Å². The highest BCUT2D eigenvalue weighted by Crippen LogP contribution is 2.44. The summed E-state index contributed by atoms with van der Waals surface area (Å²) in [4.78, 5) is 14.6. The summed E-state index contributed by atoms with van der Waals surface area (Å²) in [5.41, 5.74) is 6.04. The summed E-state index contributed by atoms with van der Waals surface area (Å²) in [6, 6.07) is 0. The molecule has 0 radical (unpaired) electrons. The Labute approximate surface area is 110 Å². The van der Waals surface area contributed by atoms with Crippen LogP contribution in [0.25, 0.3) is 0 Å². The molecule has 2 saturated carbocycles. The molecular weight excluding hydrogens is 224 g/mol. The quantitative estimate of drug-likeness (QED) is 0.834. The lowest BCUT2D eigenvalue weighted by molar-refractivity contribution is -0.138. The van der Waals surface area contributed by atoms with Crippen molar-refractivity contribution in [2.24, 2.45) is 23.0 Å². The molecule has 1 aliphatic heterocycles. The van der Waals surface area contributed by atoms with Gasteiger partial charge in [-0.25, -0.2) is 0 Å². The molecule has 0 aromatic carbocycles. The Morgan fingerprint density at radius 1 is 1.17 bits per heavy atom. The number of nitrogens with zero attached hydrogens (tertiary/aromatic N) is 1. The first-order valence-corrected chi connectivity index (χ1v) is 7.69. The maximum absolute atomic E-state index is 12.5. The molecule has 2 atom stereocenters. The third-order valence-electron chi connectivity index (χ3n) is 5.57. The molecule has 2 unspecified atom stereocenters. The predicted octanol–water partition coefficient (Wildman–Crippen LogP) is 2.15. The van der Waals surface area contributed by atoms with Gasteiger partial charge in [0.1, 0.15) is 0 Å². The van der Waals surface area contributed by atoms with Crippen LogP contribution < -0.4 is 5.73 Å². The Morgan fingerprint density at radius 3 is 2.33 bits per heavy atom. The fraction of sp³-hybridized carbons (Fsp3) is 0.933. The zero-order valence-electron chi connectivity index (χ0n) is 11.4. The van der Waals surface area contributed by atoms with Crippen LogP contribution in [-0.2, 0) is 4.79 Å². The molecule has 1 amide bonds. The molecule has 2 aliphatic carbocycles. The summed E-state index contributed by atoms with van der Waals surface area (Å²) in [7, 11) is 0.